The number of hydrogen-bond donors (Lipinski definition) is 1. The van der Waals surface area contributed by atoms with Crippen LogP contribution in [-0.2, 0) is 10.0 Å². The lowest BCUT2D eigenvalue weighted by Crippen LogP contribution is -2.28. The number of carbonyl (C=O) groups is 1. The Hall–Kier alpha value is -1.93. The van der Waals surface area contributed by atoms with Gasteiger partial charge in [0.2, 0.25) is 0 Å². The van der Waals surface area contributed by atoms with Crippen LogP contribution in [0.4, 0.5) is 10.1 Å². The smallest absolute Gasteiger partial charge is 0.347 e. The maximum absolute atomic E-state index is 13.2. The summed E-state index contributed by atoms with van der Waals surface area (Å²) in [5.41, 5.74) is 0.470. The summed E-state index contributed by atoms with van der Waals surface area (Å²) in [5.74, 6) is -1.88. The molecule has 0 radical (unpaired) electrons. The van der Waals surface area contributed by atoms with Gasteiger partial charge in [-0.05, 0) is 36.1 Å². The second kappa shape index (κ2) is 5.45. The molecule has 112 valence electrons. The van der Waals surface area contributed by atoms with Crippen LogP contribution in [0.15, 0.2) is 34.5 Å². The summed E-state index contributed by atoms with van der Waals surface area (Å²) in [7, 11) is -2.82. The molecule has 1 heterocycles. The molecule has 8 heteroatoms. The minimum Gasteiger partial charge on any atom is -0.477 e. The van der Waals surface area contributed by atoms with Gasteiger partial charge >= 0.3 is 5.97 Å². The Morgan fingerprint density at radius 3 is 2.62 bits per heavy atom. The lowest BCUT2D eigenvalue weighted by molar-refractivity contribution is 0.0698. The SMILES string of the molecule is Cc1csc(C(=O)O)c1S(=O)(=O)N(C)c1cccc(F)c1. The third kappa shape index (κ3) is 2.77. The number of sulfonamides is 1. The van der Waals surface area contributed by atoms with Gasteiger partial charge in [0, 0.05) is 7.05 Å². The van der Waals surface area contributed by atoms with Crippen LogP contribution in [0.2, 0.25) is 0 Å². The molecule has 0 unspecified atom stereocenters. The van der Waals surface area contributed by atoms with Crippen LogP contribution in [-0.4, -0.2) is 26.5 Å². The number of rotatable bonds is 4. The minimum atomic E-state index is -4.08. The Labute approximate surface area is 125 Å². The molecule has 0 atom stereocenters. The van der Waals surface area contributed by atoms with E-state index in [9.17, 15) is 17.6 Å². The van der Waals surface area contributed by atoms with Crippen molar-refractivity contribution in [2.24, 2.45) is 0 Å². The standard InChI is InChI=1S/C13H12FNO4S2/c1-8-7-20-11(13(16)17)12(8)21(18,19)15(2)10-5-3-4-9(14)6-10/h3-7H,1-2H3,(H,16,17). The van der Waals surface area contributed by atoms with Crippen LogP contribution in [0, 0.1) is 12.7 Å². The fraction of sp³-hybridized carbons (Fsp3) is 0.154. The summed E-state index contributed by atoms with van der Waals surface area (Å²) in [6, 6.07) is 5.08. The van der Waals surface area contributed by atoms with Gasteiger partial charge in [-0.3, -0.25) is 4.31 Å². The van der Waals surface area contributed by atoms with Gasteiger partial charge in [-0.15, -0.1) is 11.3 Å². The molecule has 0 aliphatic heterocycles. The Bertz CT molecular complexity index is 798. The number of aromatic carboxylic acids is 1. The molecule has 5 nitrogen and oxygen atoms in total. The summed E-state index contributed by atoms with van der Waals surface area (Å²) >= 11 is 0.847. The number of hydrogen-bond acceptors (Lipinski definition) is 4. The monoisotopic (exact) mass is 329 g/mol. The molecule has 1 aromatic heterocycles. The predicted octanol–water partition coefficient (Wildman–Crippen LogP) is 2.72. The van der Waals surface area contributed by atoms with Crippen molar-refractivity contribution in [3.63, 3.8) is 0 Å². The molecule has 2 aromatic rings. The number of anilines is 1. The van der Waals surface area contributed by atoms with Crippen LogP contribution in [0.3, 0.4) is 0 Å². The van der Waals surface area contributed by atoms with Gasteiger partial charge in [0.05, 0.1) is 5.69 Å². The number of benzene rings is 1. The number of carboxylic acid groups (broad SMARTS) is 1. The highest BCUT2D eigenvalue weighted by atomic mass is 32.2. The van der Waals surface area contributed by atoms with Gasteiger partial charge in [-0.1, -0.05) is 6.07 Å². The van der Waals surface area contributed by atoms with E-state index in [2.05, 4.69) is 0 Å². The van der Waals surface area contributed by atoms with E-state index in [-0.39, 0.29) is 15.5 Å². The van der Waals surface area contributed by atoms with Crippen LogP contribution < -0.4 is 4.31 Å². The fourth-order valence-electron chi connectivity index (χ4n) is 1.85. The lowest BCUT2D eigenvalue weighted by Gasteiger charge is -2.20. The Kier molecular flexibility index (Phi) is 4.02. The predicted molar refractivity (Wildman–Crippen MR) is 78.0 cm³/mol. The van der Waals surface area contributed by atoms with E-state index in [1.807, 2.05) is 0 Å². The quantitative estimate of drug-likeness (QED) is 0.936. The van der Waals surface area contributed by atoms with Crippen LogP contribution >= 0.6 is 11.3 Å². The van der Waals surface area contributed by atoms with E-state index in [0.717, 1.165) is 21.7 Å². The number of aryl methyl sites for hydroxylation is 1. The fourth-order valence-corrected chi connectivity index (χ4v) is 4.62. The van der Waals surface area contributed by atoms with Gasteiger partial charge in [0.15, 0.2) is 0 Å². The van der Waals surface area contributed by atoms with Crippen molar-refractivity contribution in [2.45, 2.75) is 11.8 Å². The molecule has 0 saturated heterocycles. The topological polar surface area (TPSA) is 74.7 Å². The van der Waals surface area contributed by atoms with Crippen LogP contribution in [0.1, 0.15) is 15.2 Å². The van der Waals surface area contributed by atoms with E-state index >= 15 is 0 Å². The first-order valence-electron chi connectivity index (χ1n) is 5.81. The summed E-state index contributed by atoms with van der Waals surface area (Å²) in [4.78, 5) is 10.7. The molecule has 0 saturated carbocycles. The number of carboxylic acids is 1. The van der Waals surface area contributed by atoms with Gasteiger partial charge in [0.1, 0.15) is 15.6 Å². The molecule has 0 aliphatic carbocycles. The zero-order valence-corrected chi connectivity index (χ0v) is 12.8. The second-order valence-corrected chi connectivity index (χ2v) is 7.12. The van der Waals surface area contributed by atoms with E-state index < -0.39 is 21.8 Å². The minimum absolute atomic E-state index is 0.122. The molecule has 1 N–H and O–H groups in total. The summed E-state index contributed by atoms with van der Waals surface area (Å²) < 4.78 is 39.3. The number of halogens is 1. The third-order valence-electron chi connectivity index (χ3n) is 2.90. The second-order valence-electron chi connectivity index (χ2n) is 4.33. The molecule has 0 spiro atoms. The molecule has 0 fully saturated rings. The van der Waals surface area contributed by atoms with E-state index in [1.165, 1.54) is 37.6 Å². The molecule has 0 amide bonds. The van der Waals surface area contributed by atoms with Gasteiger partial charge in [-0.25, -0.2) is 17.6 Å². The van der Waals surface area contributed by atoms with Gasteiger partial charge in [-0.2, -0.15) is 0 Å². The van der Waals surface area contributed by atoms with E-state index in [1.54, 1.807) is 0 Å². The van der Waals surface area contributed by atoms with Gasteiger partial charge < -0.3 is 5.11 Å². The lowest BCUT2D eigenvalue weighted by atomic mass is 10.3. The number of nitrogens with zero attached hydrogens (tertiary/aromatic N) is 1. The zero-order valence-electron chi connectivity index (χ0n) is 11.2. The highest BCUT2D eigenvalue weighted by Gasteiger charge is 2.30. The highest BCUT2D eigenvalue weighted by molar-refractivity contribution is 7.93. The molecule has 2 rings (SSSR count). The average molecular weight is 329 g/mol. The van der Waals surface area contributed by atoms with E-state index in [0.29, 0.717) is 5.56 Å². The summed E-state index contributed by atoms with van der Waals surface area (Å²) in [6.07, 6.45) is 0. The maximum Gasteiger partial charge on any atom is 0.347 e. The molecular weight excluding hydrogens is 317 g/mol. The van der Waals surface area contributed by atoms with Crippen molar-refractivity contribution in [1.29, 1.82) is 0 Å². The van der Waals surface area contributed by atoms with E-state index in [4.69, 9.17) is 5.11 Å². The summed E-state index contributed by atoms with van der Waals surface area (Å²) in [5, 5.41) is 10.6. The average Bonchev–Trinajstić information content (AvgIpc) is 2.80. The van der Waals surface area contributed by atoms with Crippen LogP contribution in [0.25, 0.3) is 0 Å². The first-order chi connectivity index (χ1) is 9.75. The van der Waals surface area contributed by atoms with Crippen molar-refractivity contribution in [3.8, 4) is 0 Å². The summed E-state index contributed by atoms with van der Waals surface area (Å²) in [6.45, 7) is 1.52. The highest BCUT2D eigenvalue weighted by Crippen LogP contribution is 2.31. The first-order valence-corrected chi connectivity index (χ1v) is 8.13. The van der Waals surface area contributed by atoms with Crippen molar-refractivity contribution in [1.82, 2.24) is 0 Å². The Morgan fingerprint density at radius 2 is 2.05 bits per heavy atom. The molecule has 0 bridgehead atoms. The molecular formula is C13H12FNO4S2. The molecule has 0 aliphatic rings. The maximum atomic E-state index is 13.2. The first kappa shape index (κ1) is 15.5. The van der Waals surface area contributed by atoms with Crippen molar-refractivity contribution in [2.75, 3.05) is 11.4 Å². The molecule has 21 heavy (non-hydrogen) atoms. The number of thiophene rings is 1. The van der Waals surface area contributed by atoms with Crippen molar-refractivity contribution in [3.05, 3.63) is 45.9 Å². The Morgan fingerprint density at radius 1 is 1.38 bits per heavy atom. The van der Waals surface area contributed by atoms with Crippen molar-refractivity contribution >= 4 is 33.0 Å². The molecule has 1 aromatic carbocycles. The Balaban J connectivity index is 2.57. The van der Waals surface area contributed by atoms with Crippen LogP contribution in [0.5, 0.6) is 0 Å². The van der Waals surface area contributed by atoms with Gasteiger partial charge in [0.25, 0.3) is 10.0 Å². The zero-order chi connectivity index (χ0) is 15.8. The normalized spacial score (nSPS) is 11.4. The largest absolute Gasteiger partial charge is 0.477 e. The van der Waals surface area contributed by atoms with Crippen molar-refractivity contribution < 1.29 is 22.7 Å². The third-order valence-corrected chi connectivity index (χ3v) is 6.09.